The van der Waals surface area contributed by atoms with Crippen LogP contribution in [0.2, 0.25) is 0 Å². The lowest BCUT2D eigenvalue weighted by Crippen LogP contribution is -2.52. The fraction of sp³-hybridized carbons (Fsp3) is 0.526. The lowest BCUT2D eigenvalue weighted by molar-refractivity contribution is 0.0456. The number of aromatic nitrogens is 1. The monoisotopic (exact) mass is 345 g/mol. The van der Waals surface area contributed by atoms with Crippen LogP contribution >= 0.6 is 0 Å². The SMILES string of the molecule is Cc1cccc(CN2CCN(Cc3ccc(CO)o3)CC2CCO)n1. The highest BCUT2D eigenvalue weighted by atomic mass is 16.4. The van der Waals surface area contributed by atoms with Crippen LogP contribution in [0, 0.1) is 6.92 Å². The van der Waals surface area contributed by atoms with E-state index in [1.807, 2.05) is 31.2 Å². The van der Waals surface area contributed by atoms with E-state index >= 15 is 0 Å². The summed E-state index contributed by atoms with van der Waals surface area (Å²) in [7, 11) is 0. The number of nitrogens with zero attached hydrogens (tertiary/aromatic N) is 3. The Kier molecular flexibility index (Phi) is 6.20. The van der Waals surface area contributed by atoms with Crippen molar-refractivity contribution in [3.05, 3.63) is 53.2 Å². The van der Waals surface area contributed by atoms with Gasteiger partial charge in [0, 0.05) is 44.5 Å². The normalized spacial score (nSPS) is 19.4. The highest BCUT2D eigenvalue weighted by Crippen LogP contribution is 2.19. The minimum atomic E-state index is -0.0651. The van der Waals surface area contributed by atoms with Gasteiger partial charge < -0.3 is 14.6 Å². The number of furan rings is 1. The first-order valence-corrected chi connectivity index (χ1v) is 8.86. The molecule has 1 aliphatic rings. The molecule has 0 saturated carbocycles. The van der Waals surface area contributed by atoms with Crippen LogP contribution in [0.3, 0.4) is 0 Å². The number of piperazine rings is 1. The molecule has 1 fully saturated rings. The fourth-order valence-corrected chi connectivity index (χ4v) is 3.44. The summed E-state index contributed by atoms with van der Waals surface area (Å²) in [5.74, 6) is 1.48. The average molecular weight is 345 g/mol. The van der Waals surface area contributed by atoms with Crippen LogP contribution in [0.1, 0.15) is 29.3 Å². The first-order chi connectivity index (χ1) is 12.2. The van der Waals surface area contributed by atoms with Crippen molar-refractivity contribution in [2.45, 2.75) is 39.1 Å². The Balaban J connectivity index is 1.61. The minimum Gasteiger partial charge on any atom is -0.462 e. The topological polar surface area (TPSA) is 73.0 Å². The third-order valence-corrected chi connectivity index (χ3v) is 4.71. The molecule has 0 spiro atoms. The summed E-state index contributed by atoms with van der Waals surface area (Å²) >= 11 is 0. The van der Waals surface area contributed by atoms with Gasteiger partial charge in [0.05, 0.1) is 12.2 Å². The number of aliphatic hydroxyl groups excluding tert-OH is 2. The zero-order chi connectivity index (χ0) is 17.6. The molecule has 0 radical (unpaired) electrons. The van der Waals surface area contributed by atoms with Gasteiger partial charge in [-0.2, -0.15) is 0 Å². The van der Waals surface area contributed by atoms with Crippen LogP contribution in [0.4, 0.5) is 0 Å². The number of hydrogen-bond acceptors (Lipinski definition) is 6. The summed E-state index contributed by atoms with van der Waals surface area (Å²) in [6, 6.07) is 10.2. The van der Waals surface area contributed by atoms with Gasteiger partial charge in [0.15, 0.2) is 0 Å². The van der Waals surface area contributed by atoms with Crippen molar-refractivity contribution in [2.75, 3.05) is 26.2 Å². The van der Waals surface area contributed by atoms with E-state index < -0.39 is 0 Å². The van der Waals surface area contributed by atoms with Crippen LogP contribution in [0.5, 0.6) is 0 Å². The molecule has 1 atom stereocenters. The lowest BCUT2D eigenvalue weighted by Gasteiger charge is -2.41. The predicted molar refractivity (Wildman–Crippen MR) is 94.8 cm³/mol. The molecule has 3 rings (SSSR count). The second-order valence-electron chi connectivity index (χ2n) is 6.67. The number of rotatable bonds is 7. The van der Waals surface area contributed by atoms with Gasteiger partial charge in [-0.25, -0.2) is 0 Å². The number of aryl methyl sites for hydroxylation is 1. The van der Waals surface area contributed by atoms with E-state index in [1.54, 1.807) is 0 Å². The van der Waals surface area contributed by atoms with Gasteiger partial charge in [-0.1, -0.05) is 6.07 Å². The molecule has 25 heavy (non-hydrogen) atoms. The Morgan fingerprint density at radius 2 is 1.96 bits per heavy atom. The predicted octanol–water partition coefficient (Wildman–Crippen LogP) is 1.54. The van der Waals surface area contributed by atoms with Crippen molar-refractivity contribution in [3.63, 3.8) is 0 Å². The van der Waals surface area contributed by atoms with Crippen molar-refractivity contribution in [2.24, 2.45) is 0 Å². The van der Waals surface area contributed by atoms with Crippen molar-refractivity contribution in [1.82, 2.24) is 14.8 Å². The fourth-order valence-electron chi connectivity index (χ4n) is 3.44. The largest absolute Gasteiger partial charge is 0.462 e. The molecule has 1 saturated heterocycles. The number of hydrogen-bond donors (Lipinski definition) is 2. The molecule has 0 aromatic carbocycles. The van der Waals surface area contributed by atoms with Crippen LogP contribution in [0.25, 0.3) is 0 Å². The molecule has 2 aromatic rings. The van der Waals surface area contributed by atoms with Crippen molar-refractivity contribution in [1.29, 1.82) is 0 Å². The van der Waals surface area contributed by atoms with Gasteiger partial charge in [-0.3, -0.25) is 14.8 Å². The summed E-state index contributed by atoms with van der Waals surface area (Å²) in [5, 5.41) is 18.6. The zero-order valence-corrected chi connectivity index (χ0v) is 14.8. The van der Waals surface area contributed by atoms with Gasteiger partial charge in [-0.05, 0) is 37.6 Å². The molecule has 2 aromatic heterocycles. The van der Waals surface area contributed by atoms with Crippen molar-refractivity contribution >= 4 is 0 Å². The van der Waals surface area contributed by atoms with Gasteiger partial charge in [0.2, 0.25) is 0 Å². The molecule has 6 nitrogen and oxygen atoms in total. The summed E-state index contributed by atoms with van der Waals surface area (Å²) in [5.41, 5.74) is 2.11. The van der Waals surface area contributed by atoms with Crippen LogP contribution in [0.15, 0.2) is 34.7 Å². The zero-order valence-electron chi connectivity index (χ0n) is 14.8. The third-order valence-electron chi connectivity index (χ3n) is 4.71. The van der Waals surface area contributed by atoms with Crippen molar-refractivity contribution in [3.8, 4) is 0 Å². The Morgan fingerprint density at radius 3 is 2.68 bits per heavy atom. The molecule has 2 N–H and O–H groups in total. The first-order valence-electron chi connectivity index (χ1n) is 8.86. The van der Waals surface area contributed by atoms with E-state index in [0.29, 0.717) is 11.8 Å². The Morgan fingerprint density at radius 1 is 1.12 bits per heavy atom. The summed E-state index contributed by atoms with van der Waals surface area (Å²) in [4.78, 5) is 9.36. The molecule has 0 bridgehead atoms. The average Bonchev–Trinajstić information content (AvgIpc) is 3.05. The van der Waals surface area contributed by atoms with Gasteiger partial charge in [0.25, 0.3) is 0 Å². The maximum Gasteiger partial charge on any atom is 0.129 e. The van der Waals surface area contributed by atoms with Crippen LogP contribution < -0.4 is 0 Å². The quantitative estimate of drug-likeness (QED) is 0.793. The molecule has 6 heteroatoms. The van der Waals surface area contributed by atoms with E-state index in [1.165, 1.54) is 0 Å². The molecule has 1 unspecified atom stereocenters. The van der Waals surface area contributed by atoms with E-state index in [4.69, 9.17) is 9.52 Å². The molecule has 1 aliphatic heterocycles. The molecule has 0 aliphatic carbocycles. The van der Waals surface area contributed by atoms with Gasteiger partial charge >= 0.3 is 0 Å². The second kappa shape index (κ2) is 8.58. The molecular formula is C19H27N3O3. The smallest absolute Gasteiger partial charge is 0.129 e. The second-order valence-corrected chi connectivity index (χ2v) is 6.67. The van der Waals surface area contributed by atoms with Crippen LogP contribution in [-0.2, 0) is 19.7 Å². The summed E-state index contributed by atoms with van der Waals surface area (Å²) in [6.45, 7) is 6.46. The van der Waals surface area contributed by atoms with Gasteiger partial charge in [-0.15, -0.1) is 0 Å². The Labute approximate surface area is 148 Å². The molecular weight excluding hydrogens is 318 g/mol. The maximum atomic E-state index is 9.45. The van der Waals surface area contributed by atoms with Crippen molar-refractivity contribution < 1.29 is 14.6 Å². The number of pyridine rings is 1. The first kappa shape index (κ1) is 18.1. The van der Waals surface area contributed by atoms with E-state index in [-0.39, 0.29) is 13.2 Å². The third kappa shape index (κ3) is 4.89. The van der Waals surface area contributed by atoms with E-state index in [2.05, 4.69) is 20.9 Å². The van der Waals surface area contributed by atoms with Gasteiger partial charge in [0.1, 0.15) is 18.1 Å². The molecule has 3 heterocycles. The molecule has 0 amide bonds. The Bertz CT molecular complexity index is 673. The standard InChI is InChI=1S/C19H27N3O3/c1-15-3-2-4-16(20-15)11-22-9-8-21(12-17(22)7-10-23)13-18-5-6-19(14-24)25-18/h2-6,17,23-24H,7-14H2,1H3. The van der Waals surface area contributed by atoms with E-state index in [0.717, 1.165) is 56.3 Å². The summed E-state index contributed by atoms with van der Waals surface area (Å²) in [6.07, 6.45) is 0.752. The number of aliphatic hydroxyl groups is 2. The Hall–Kier alpha value is -1.73. The molecule has 136 valence electrons. The van der Waals surface area contributed by atoms with Crippen LogP contribution in [-0.4, -0.2) is 57.3 Å². The minimum absolute atomic E-state index is 0.0651. The lowest BCUT2D eigenvalue weighted by atomic mass is 10.1. The van der Waals surface area contributed by atoms with E-state index in [9.17, 15) is 5.11 Å². The highest BCUT2D eigenvalue weighted by molar-refractivity contribution is 5.10. The highest BCUT2D eigenvalue weighted by Gasteiger charge is 2.27. The summed E-state index contributed by atoms with van der Waals surface area (Å²) < 4.78 is 5.60. The maximum absolute atomic E-state index is 9.45.